The highest BCUT2D eigenvalue weighted by molar-refractivity contribution is 7.46. The fraction of sp³-hybridized carbons (Fsp3) is 0.857. The molecule has 9 atom stereocenters. The predicted molar refractivity (Wildman–Crippen MR) is 104 cm³/mol. The first-order valence-corrected chi connectivity index (χ1v) is 12.8. The van der Waals surface area contributed by atoms with Crippen LogP contribution in [0.5, 0.6) is 0 Å². The molecule has 0 amide bonds. The van der Waals surface area contributed by atoms with E-state index in [2.05, 4.69) is 25.3 Å². The molecule has 10 nitrogen and oxygen atoms in total. The van der Waals surface area contributed by atoms with Gasteiger partial charge in [-0.1, -0.05) is 20.8 Å². The van der Waals surface area contributed by atoms with Crippen LogP contribution in [0, 0.1) is 17.3 Å². The Hall–Kier alpha value is -0.840. The number of ether oxygens (including phenoxy) is 5. The van der Waals surface area contributed by atoms with Crippen molar-refractivity contribution in [1.82, 2.24) is 0 Å². The summed E-state index contributed by atoms with van der Waals surface area (Å²) in [6.07, 6.45) is 1.09. The number of epoxide rings is 3. The first-order valence-electron chi connectivity index (χ1n) is 11.3. The Morgan fingerprint density at radius 1 is 1.22 bits per heavy atom. The summed E-state index contributed by atoms with van der Waals surface area (Å²) in [7, 11) is -4.68. The van der Waals surface area contributed by atoms with Crippen LogP contribution in [0.25, 0.3) is 0 Å². The molecule has 9 unspecified atom stereocenters. The van der Waals surface area contributed by atoms with Gasteiger partial charge in [0.15, 0.2) is 12.4 Å². The monoisotopic (exact) mass is 470 g/mol. The lowest BCUT2D eigenvalue weighted by Crippen LogP contribution is -2.69. The average Bonchev–Trinajstić information content (AvgIpc) is 3.59. The van der Waals surface area contributed by atoms with Gasteiger partial charge in [0.05, 0.1) is 6.10 Å². The van der Waals surface area contributed by atoms with E-state index in [0.717, 1.165) is 24.0 Å². The molecule has 32 heavy (non-hydrogen) atoms. The van der Waals surface area contributed by atoms with Gasteiger partial charge in [-0.2, -0.15) is 0 Å². The highest BCUT2D eigenvalue weighted by Crippen LogP contribution is 2.83. The van der Waals surface area contributed by atoms with Gasteiger partial charge in [-0.25, -0.2) is 9.36 Å². The number of hydrogen-bond acceptors (Lipinski definition) is 8. The molecule has 0 aromatic rings. The van der Waals surface area contributed by atoms with Crippen LogP contribution in [0.1, 0.15) is 40.0 Å². The van der Waals surface area contributed by atoms with Gasteiger partial charge in [0, 0.05) is 11.0 Å². The van der Waals surface area contributed by atoms with Crippen LogP contribution in [0.3, 0.4) is 0 Å². The molecular formula is C21H27O10P. The zero-order chi connectivity index (χ0) is 22.5. The van der Waals surface area contributed by atoms with E-state index in [4.69, 9.17) is 33.5 Å². The Kier molecular flexibility index (Phi) is 3.65. The second-order valence-electron chi connectivity index (χ2n) is 10.8. The number of hydrogen-bond donors (Lipinski definition) is 2. The van der Waals surface area contributed by atoms with Gasteiger partial charge in [-0.15, -0.1) is 0 Å². The van der Waals surface area contributed by atoms with E-state index in [-0.39, 0.29) is 41.5 Å². The van der Waals surface area contributed by atoms with Crippen LogP contribution in [0.15, 0.2) is 11.1 Å². The molecule has 5 fully saturated rings. The summed E-state index contributed by atoms with van der Waals surface area (Å²) in [4.78, 5) is 30.5. The number of phosphoric ester groups is 1. The first-order chi connectivity index (χ1) is 15.0. The van der Waals surface area contributed by atoms with E-state index in [1.165, 1.54) is 0 Å². The second kappa shape index (κ2) is 5.69. The summed E-state index contributed by atoms with van der Waals surface area (Å²) >= 11 is 0. The van der Waals surface area contributed by atoms with Gasteiger partial charge in [-0.3, -0.25) is 4.52 Å². The van der Waals surface area contributed by atoms with Crippen molar-refractivity contribution in [1.29, 1.82) is 0 Å². The maximum absolute atomic E-state index is 12.2. The number of carbonyl (C=O) groups is 1. The third-order valence-corrected chi connectivity index (χ3v) is 9.96. The quantitative estimate of drug-likeness (QED) is 0.261. The van der Waals surface area contributed by atoms with Gasteiger partial charge < -0.3 is 33.5 Å². The Morgan fingerprint density at radius 3 is 2.72 bits per heavy atom. The molecule has 3 saturated heterocycles. The van der Waals surface area contributed by atoms with Crippen LogP contribution in [0.2, 0.25) is 0 Å². The third-order valence-electron chi connectivity index (χ3n) is 9.52. The Balaban J connectivity index is 1.30. The minimum atomic E-state index is -4.68. The van der Waals surface area contributed by atoms with E-state index in [0.29, 0.717) is 13.0 Å². The molecule has 0 radical (unpaired) electrons. The smallest absolute Gasteiger partial charge is 0.458 e. The topological polar surface area (TPSA) is 140 Å². The van der Waals surface area contributed by atoms with Gasteiger partial charge in [0.2, 0.25) is 0 Å². The summed E-state index contributed by atoms with van der Waals surface area (Å²) < 4.78 is 46.7. The number of fused-ring (bicyclic) bond motifs is 4. The molecule has 7 rings (SSSR count). The molecule has 4 aliphatic heterocycles. The summed E-state index contributed by atoms with van der Waals surface area (Å²) in [6, 6.07) is 0. The number of rotatable bonds is 5. The summed E-state index contributed by atoms with van der Waals surface area (Å²) in [5.41, 5.74) is -0.447. The molecule has 176 valence electrons. The summed E-state index contributed by atoms with van der Waals surface area (Å²) in [5.74, 6) is -0.00758. The minimum absolute atomic E-state index is 0.0843. The van der Waals surface area contributed by atoms with E-state index in [1.807, 2.05) is 0 Å². The molecule has 11 heteroatoms. The molecule has 0 aromatic carbocycles. The normalized spacial score (nSPS) is 54.1. The van der Waals surface area contributed by atoms with Gasteiger partial charge in [-0.05, 0) is 36.7 Å². The van der Waals surface area contributed by atoms with Gasteiger partial charge in [0.25, 0.3) is 0 Å². The Morgan fingerprint density at radius 2 is 2.00 bits per heavy atom. The number of esters is 1. The highest BCUT2D eigenvalue weighted by atomic mass is 31.2. The Labute approximate surface area is 184 Å². The number of cyclic esters (lactones) is 1. The van der Waals surface area contributed by atoms with Crippen molar-refractivity contribution in [2.45, 2.75) is 81.3 Å². The van der Waals surface area contributed by atoms with Crippen molar-refractivity contribution >= 4 is 13.8 Å². The fourth-order valence-electron chi connectivity index (χ4n) is 8.08. The Bertz CT molecular complexity index is 1020. The third kappa shape index (κ3) is 2.05. The lowest BCUT2D eigenvalue weighted by Gasteiger charge is -2.54. The van der Waals surface area contributed by atoms with Crippen molar-refractivity contribution in [3.05, 3.63) is 11.1 Å². The van der Waals surface area contributed by atoms with Crippen molar-refractivity contribution in [2.24, 2.45) is 17.3 Å². The van der Waals surface area contributed by atoms with Crippen LogP contribution in [-0.2, 0) is 37.6 Å². The van der Waals surface area contributed by atoms with Crippen LogP contribution < -0.4 is 0 Å². The standard InChI is InChI=1S/C21H27O10P/c1-9(2)19-14(30-19)15-21(31-15)18(3)5-4-10-11(7-26-16(10)22)12(18)6-13-20(21,29-13)17(19)27-8-28-32(23,24)25/h9,12-15,17H,4-8H2,1-3H3,(H2,23,24,25). The molecule has 2 N–H and O–H groups in total. The molecule has 7 aliphatic rings. The molecule has 4 heterocycles. The maximum Gasteiger partial charge on any atom is 0.471 e. The van der Waals surface area contributed by atoms with Gasteiger partial charge in [0.1, 0.15) is 36.1 Å². The summed E-state index contributed by atoms with van der Waals surface area (Å²) in [5, 5.41) is 0. The van der Waals surface area contributed by atoms with E-state index in [9.17, 15) is 9.36 Å². The molecule has 2 spiro atoms. The molecule has 0 aromatic heterocycles. The largest absolute Gasteiger partial charge is 0.471 e. The fourth-order valence-corrected chi connectivity index (χ4v) is 8.28. The lowest BCUT2D eigenvalue weighted by molar-refractivity contribution is -0.155. The maximum atomic E-state index is 12.2. The van der Waals surface area contributed by atoms with Crippen LogP contribution in [-0.4, -0.2) is 70.4 Å². The van der Waals surface area contributed by atoms with Crippen LogP contribution >= 0.6 is 7.82 Å². The van der Waals surface area contributed by atoms with Gasteiger partial charge >= 0.3 is 13.8 Å². The number of phosphoric acid groups is 1. The van der Waals surface area contributed by atoms with Crippen molar-refractivity contribution in [3.63, 3.8) is 0 Å². The van der Waals surface area contributed by atoms with Crippen LogP contribution in [0.4, 0.5) is 0 Å². The molecular weight excluding hydrogens is 443 g/mol. The van der Waals surface area contributed by atoms with Crippen molar-refractivity contribution < 1.29 is 47.4 Å². The average molecular weight is 470 g/mol. The minimum Gasteiger partial charge on any atom is -0.458 e. The lowest BCUT2D eigenvalue weighted by atomic mass is 9.46. The molecule has 0 bridgehead atoms. The second-order valence-corrected chi connectivity index (χ2v) is 12.0. The molecule has 2 saturated carbocycles. The SMILES string of the molecule is CC(C)C12OC1C1OC13C1(C)CCC4=C(COC4=O)C1CC1OC13C2OCOP(=O)(O)O. The summed E-state index contributed by atoms with van der Waals surface area (Å²) in [6.45, 7) is 6.10. The first kappa shape index (κ1) is 20.5. The number of carbonyl (C=O) groups excluding carboxylic acids is 1. The van der Waals surface area contributed by atoms with E-state index < -0.39 is 37.5 Å². The predicted octanol–water partition coefficient (Wildman–Crippen LogP) is 1.19. The highest BCUT2D eigenvalue weighted by Gasteiger charge is 3.00. The van der Waals surface area contributed by atoms with E-state index >= 15 is 0 Å². The van der Waals surface area contributed by atoms with Crippen molar-refractivity contribution in [3.8, 4) is 0 Å². The zero-order valence-corrected chi connectivity index (χ0v) is 19.0. The molecule has 3 aliphatic carbocycles. The zero-order valence-electron chi connectivity index (χ0n) is 18.1. The van der Waals surface area contributed by atoms with E-state index in [1.54, 1.807) is 0 Å². The van der Waals surface area contributed by atoms with Crippen molar-refractivity contribution in [2.75, 3.05) is 13.4 Å².